The minimum absolute atomic E-state index is 0.0350. The second-order valence-corrected chi connectivity index (χ2v) is 7.40. The van der Waals surface area contributed by atoms with Gasteiger partial charge in [-0.25, -0.2) is 4.98 Å². The van der Waals surface area contributed by atoms with E-state index in [1.54, 1.807) is 36.4 Å². The van der Waals surface area contributed by atoms with Gasteiger partial charge in [-0.05, 0) is 42.8 Å². The molecule has 142 valence electrons. The van der Waals surface area contributed by atoms with Crippen LogP contribution in [-0.2, 0) is 0 Å². The molecular formula is C20H20N6O2. The number of H-pyrrole nitrogens is 1. The van der Waals surface area contributed by atoms with Gasteiger partial charge in [0.1, 0.15) is 5.52 Å². The van der Waals surface area contributed by atoms with E-state index in [4.69, 9.17) is 11.5 Å². The van der Waals surface area contributed by atoms with Crippen LogP contribution >= 0.6 is 0 Å². The highest BCUT2D eigenvalue weighted by atomic mass is 16.2. The van der Waals surface area contributed by atoms with Gasteiger partial charge >= 0.3 is 0 Å². The minimum atomic E-state index is -0.494. The van der Waals surface area contributed by atoms with Crippen molar-refractivity contribution in [1.82, 2.24) is 14.9 Å². The van der Waals surface area contributed by atoms with E-state index < -0.39 is 5.91 Å². The van der Waals surface area contributed by atoms with Crippen molar-refractivity contribution in [2.45, 2.75) is 18.5 Å². The number of nitrogens with zero attached hydrogens (tertiary/aromatic N) is 3. The third-order valence-corrected chi connectivity index (χ3v) is 5.70. The lowest BCUT2D eigenvalue weighted by Crippen LogP contribution is -2.49. The summed E-state index contributed by atoms with van der Waals surface area (Å²) in [6.45, 7) is 1.35. The zero-order chi connectivity index (χ0) is 19.4. The number of aromatic amines is 1. The summed E-state index contributed by atoms with van der Waals surface area (Å²) in [6.07, 6.45) is 0.903. The van der Waals surface area contributed by atoms with Crippen molar-refractivity contribution < 1.29 is 9.59 Å². The first-order chi connectivity index (χ1) is 13.5. The number of para-hydroxylation sites is 1. The van der Waals surface area contributed by atoms with Crippen LogP contribution in [0.25, 0.3) is 11.0 Å². The Kier molecular flexibility index (Phi) is 3.55. The summed E-state index contributed by atoms with van der Waals surface area (Å²) in [6, 6.07) is 12.7. The van der Waals surface area contributed by atoms with Crippen molar-refractivity contribution in [1.29, 1.82) is 0 Å². The number of likely N-dealkylation sites (tertiary alicyclic amines) is 1. The third kappa shape index (κ3) is 2.49. The first-order valence-electron chi connectivity index (χ1n) is 9.23. The maximum Gasteiger partial charge on any atom is 0.254 e. The molecule has 0 aliphatic carbocycles. The maximum absolute atomic E-state index is 12.8. The first-order valence-corrected chi connectivity index (χ1v) is 9.23. The van der Waals surface area contributed by atoms with E-state index in [1.807, 2.05) is 11.0 Å². The van der Waals surface area contributed by atoms with Crippen molar-refractivity contribution in [2.24, 2.45) is 5.73 Å². The molecule has 0 spiro atoms. The summed E-state index contributed by atoms with van der Waals surface area (Å²) in [5, 5.41) is 0. The van der Waals surface area contributed by atoms with Crippen molar-refractivity contribution in [2.75, 3.05) is 23.7 Å². The molecule has 5 N–H and O–H groups in total. The lowest BCUT2D eigenvalue weighted by Gasteiger charge is -2.34. The third-order valence-electron chi connectivity index (χ3n) is 5.70. The SMILES string of the molecule is NC(=O)c1cccc2[nH]c(N3C[C@@H]4C[C@@H]3CN4C(=O)c3ccc(N)cc3)nc12. The molecule has 5 rings (SSSR count). The number of rotatable bonds is 3. The molecule has 0 unspecified atom stereocenters. The summed E-state index contributed by atoms with van der Waals surface area (Å²) in [5.74, 6) is 0.260. The number of fused-ring (bicyclic) bond motifs is 3. The molecule has 0 saturated carbocycles. The number of nitrogens with two attached hydrogens (primary N) is 2. The number of carbonyl (C=O) groups excluding carboxylic acids is 2. The molecule has 3 heterocycles. The van der Waals surface area contributed by atoms with Gasteiger partial charge < -0.3 is 26.3 Å². The Morgan fingerprint density at radius 1 is 1.07 bits per heavy atom. The van der Waals surface area contributed by atoms with E-state index in [0.717, 1.165) is 17.9 Å². The zero-order valence-corrected chi connectivity index (χ0v) is 15.1. The molecule has 2 aliphatic rings. The fraction of sp³-hybridized carbons (Fsp3) is 0.250. The molecule has 1 aromatic heterocycles. The molecule has 8 heteroatoms. The van der Waals surface area contributed by atoms with E-state index in [-0.39, 0.29) is 18.0 Å². The summed E-state index contributed by atoms with van der Waals surface area (Å²) >= 11 is 0. The van der Waals surface area contributed by atoms with Crippen LogP contribution in [0.2, 0.25) is 0 Å². The normalized spacial score (nSPS) is 20.9. The maximum atomic E-state index is 12.8. The van der Waals surface area contributed by atoms with Crippen LogP contribution in [0, 0.1) is 0 Å². The number of piperazine rings is 1. The van der Waals surface area contributed by atoms with Gasteiger partial charge in [-0.15, -0.1) is 0 Å². The highest BCUT2D eigenvalue weighted by molar-refractivity contribution is 6.04. The topological polar surface area (TPSA) is 121 Å². The molecule has 2 aromatic carbocycles. The molecule has 3 aromatic rings. The zero-order valence-electron chi connectivity index (χ0n) is 15.1. The fourth-order valence-electron chi connectivity index (χ4n) is 4.32. The van der Waals surface area contributed by atoms with E-state index in [0.29, 0.717) is 35.4 Å². The van der Waals surface area contributed by atoms with E-state index in [9.17, 15) is 9.59 Å². The van der Waals surface area contributed by atoms with Crippen molar-refractivity contribution in [3.63, 3.8) is 0 Å². The van der Waals surface area contributed by atoms with Crippen LogP contribution in [-0.4, -0.2) is 51.9 Å². The second-order valence-electron chi connectivity index (χ2n) is 7.40. The Labute approximate surface area is 161 Å². The van der Waals surface area contributed by atoms with Gasteiger partial charge in [0.05, 0.1) is 23.2 Å². The number of hydrogen-bond donors (Lipinski definition) is 3. The number of nitrogens with one attached hydrogen (secondary N) is 1. The minimum Gasteiger partial charge on any atom is -0.399 e. The number of primary amides is 1. The van der Waals surface area contributed by atoms with Gasteiger partial charge in [0.25, 0.3) is 11.8 Å². The van der Waals surface area contributed by atoms with Crippen molar-refractivity contribution in [3.05, 3.63) is 53.6 Å². The summed E-state index contributed by atoms with van der Waals surface area (Å²) in [4.78, 5) is 36.5. The first kappa shape index (κ1) is 16.6. The summed E-state index contributed by atoms with van der Waals surface area (Å²) in [5.41, 5.74) is 14.2. The standard InChI is InChI=1S/C20H20N6O2/c21-12-6-4-11(5-7-12)19(28)25-9-14-8-13(25)10-26(14)20-23-16-3-1-2-15(18(22)27)17(16)24-20/h1-7,13-14H,8-10,21H2,(H2,22,27)(H,23,24)/t13-,14+/m0/s1. The second kappa shape index (κ2) is 5.98. The Hall–Kier alpha value is -3.55. The molecule has 2 amide bonds. The van der Waals surface area contributed by atoms with Crippen LogP contribution in [0.1, 0.15) is 27.1 Å². The quantitative estimate of drug-likeness (QED) is 0.596. The van der Waals surface area contributed by atoms with Gasteiger partial charge in [0, 0.05) is 24.3 Å². The monoisotopic (exact) mass is 376 g/mol. The lowest BCUT2D eigenvalue weighted by molar-refractivity contribution is 0.0725. The van der Waals surface area contributed by atoms with Crippen LogP contribution in [0.15, 0.2) is 42.5 Å². The Morgan fingerprint density at radius 2 is 1.86 bits per heavy atom. The number of amides is 2. The summed E-state index contributed by atoms with van der Waals surface area (Å²) in [7, 11) is 0. The predicted molar refractivity (Wildman–Crippen MR) is 106 cm³/mol. The fourth-order valence-corrected chi connectivity index (χ4v) is 4.32. The molecule has 0 radical (unpaired) electrons. The van der Waals surface area contributed by atoms with Gasteiger partial charge in [0.2, 0.25) is 5.95 Å². The molecule has 2 atom stereocenters. The van der Waals surface area contributed by atoms with Gasteiger partial charge in [-0.1, -0.05) is 6.07 Å². The van der Waals surface area contributed by atoms with Crippen LogP contribution in [0.3, 0.4) is 0 Å². The van der Waals surface area contributed by atoms with E-state index in [1.165, 1.54) is 0 Å². The molecular weight excluding hydrogens is 356 g/mol. The Morgan fingerprint density at radius 3 is 2.54 bits per heavy atom. The average molecular weight is 376 g/mol. The van der Waals surface area contributed by atoms with Crippen LogP contribution in [0.5, 0.6) is 0 Å². The Balaban J connectivity index is 1.38. The molecule has 28 heavy (non-hydrogen) atoms. The van der Waals surface area contributed by atoms with E-state index in [2.05, 4.69) is 14.9 Å². The number of benzene rings is 2. The number of imidazole rings is 1. The average Bonchev–Trinajstić information content (AvgIpc) is 3.40. The van der Waals surface area contributed by atoms with Gasteiger partial charge in [-0.2, -0.15) is 0 Å². The Bertz CT molecular complexity index is 1090. The highest BCUT2D eigenvalue weighted by Crippen LogP contribution is 2.35. The smallest absolute Gasteiger partial charge is 0.254 e. The van der Waals surface area contributed by atoms with Gasteiger partial charge in [0.15, 0.2) is 0 Å². The van der Waals surface area contributed by atoms with E-state index >= 15 is 0 Å². The van der Waals surface area contributed by atoms with Crippen LogP contribution in [0.4, 0.5) is 11.6 Å². The molecule has 2 fully saturated rings. The largest absolute Gasteiger partial charge is 0.399 e. The molecule has 2 saturated heterocycles. The number of hydrogen-bond acceptors (Lipinski definition) is 5. The molecule has 8 nitrogen and oxygen atoms in total. The van der Waals surface area contributed by atoms with Gasteiger partial charge in [-0.3, -0.25) is 9.59 Å². The number of anilines is 2. The predicted octanol–water partition coefficient (Wildman–Crippen LogP) is 1.35. The lowest BCUT2D eigenvalue weighted by atomic mass is 10.1. The summed E-state index contributed by atoms with van der Waals surface area (Å²) < 4.78 is 0. The molecule has 2 bridgehead atoms. The number of carbonyl (C=O) groups is 2. The van der Waals surface area contributed by atoms with Crippen molar-refractivity contribution >= 4 is 34.5 Å². The number of aromatic nitrogens is 2. The highest BCUT2D eigenvalue weighted by Gasteiger charge is 2.46. The number of nitrogen functional groups attached to an aromatic ring is 1. The van der Waals surface area contributed by atoms with Crippen molar-refractivity contribution in [3.8, 4) is 0 Å². The molecule has 2 aliphatic heterocycles. The van der Waals surface area contributed by atoms with Crippen LogP contribution < -0.4 is 16.4 Å².